The molecule has 1 fully saturated rings. The average molecular weight is 228 g/mol. The molecule has 1 rings (SSSR count). The Labute approximate surface area is 96.0 Å². The third kappa shape index (κ3) is 3.83. The van der Waals surface area contributed by atoms with Crippen molar-refractivity contribution in [1.82, 2.24) is 0 Å². The zero-order valence-electron chi connectivity index (χ0n) is 10.2. The molecule has 4 heteroatoms. The minimum atomic E-state index is -0.798. The lowest BCUT2D eigenvalue weighted by Crippen LogP contribution is -2.33. The lowest BCUT2D eigenvalue weighted by molar-refractivity contribution is -0.162. The average Bonchev–Trinajstić information content (AvgIpc) is 2.15. The first-order valence-electron chi connectivity index (χ1n) is 5.75. The van der Waals surface area contributed by atoms with Crippen molar-refractivity contribution in [3.8, 4) is 0 Å². The van der Waals surface area contributed by atoms with Crippen molar-refractivity contribution in [2.24, 2.45) is 11.8 Å². The van der Waals surface area contributed by atoms with Crippen LogP contribution in [-0.2, 0) is 14.3 Å². The fourth-order valence-corrected chi connectivity index (χ4v) is 2.01. The SMILES string of the molecule is CC(C)(C)OC(=O)[C@H]1CCC[C@H](C(=O)O)C1. The number of rotatable bonds is 2. The van der Waals surface area contributed by atoms with Gasteiger partial charge in [-0.3, -0.25) is 9.59 Å². The summed E-state index contributed by atoms with van der Waals surface area (Å²) in [6.07, 6.45) is 2.64. The number of carboxylic acids is 1. The summed E-state index contributed by atoms with van der Waals surface area (Å²) in [5.41, 5.74) is -0.493. The maximum Gasteiger partial charge on any atom is 0.309 e. The van der Waals surface area contributed by atoms with Crippen molar-refractivity contribution < 1.29 is 19.4 Å². The number of hydrogen-bond acceptors (Lipinski definition) is 3. The smallest absolute Gasteiger partial charge is 0.309 e. The molecule has 92 valence electrons. The highest BCUT2D eigenvalue weighted by Gasteiger charge is 2.33. The highest BCUT2D eigenvalue weighted by molar-refractivity contribution is 5.75. The molecule has 2 atom stereocenters. The molecule has 0 radical (unpaired) electrons. The van der Waals surface area contributed by atoms with Gasteiger partial charge in [0, 0.05) is 0 Å². The maximum atomic E-state index is 11.8. The molecule has 0 aromatic heterocycles. The molecule has 0 amide bonds. The van der Waals surface area contributed by atoms with Gasteiger partial charge in [0.2, 0.25) is 0 Å². The van der Waals surface area contributed by atoms with Crippen molar-refractivity contribution in [3.05, 3.63) is 0 Å². The Morgan fingerprint density at radius 2 is 1.75 bits per heavy atom. The lowest BCUT2D eigenvalue weighted by atomic mass is 9.81. The standard InChI is InChI=1S/C12H20O4/c1-12(2,3)16-11(15)9-6-4-5-8(7-9)10(13)14/h8-9H,4-7H2,1-3H3,(H,13,14)/t8-,9-/m0/s1. The molecular formula is C12H20O4. The largest absolute Gasteiger partial charge is 0.481 e. The second-order valence-electron chi connectivity index (χ2n) is 5.43. The van der Waals surface area contributed by atoms with Crippen LogP contribution in [0.1, 0.15) is 46.5 Å². The monoisotopic (exact) mass is 228 g/mol. The van der Waals surface area contributed by atoms with E-state index >= 15 is 0 Å². The fourth-order valence-electron chi connectivity index (χ4n) is 2.01. The molecule has 0 aromatic rings. The van der Waals surface area contributed by atoms with E-state index in [1.807, 2.05) is 20.8 Å². The Morgan fingerprint density at radius 3 is 2.25 bits per heavy atom. The summed E-state index contributed by atoms with van der Waals surface area (Å²) in [4.78, 5) is 22.6. The highest BCUT2D eigenvalue weighted by atomic mass is 16.6. The Hall–Kier alpha value is -1.06. The number of carbonyl (C=O) groups is 2. The molecule has 16 heavy (non-hydrogen) atoms. The van der Waals surface area contributed by atoms with E-state index in [9.17, 15) is 9.59 Å². The number of hydrogen-bond donors (Lipinski definition) is 1. The van der Waals surface area contributed by atoms with E-state index < -0.39 is 11.6 Å². The summed E-state index contributed by atoms with van der Waals surface area (Å²) in [6, 6.07) is 0. The Bertz CT molecular complexity index is 277. The van der Waals surface area contributed by atoms with Gasteiger partial charge in [-0.25, -0.2) is 0 Å². The van der Waals surface area contributed by atoms with Crippen LogP contribution in [0.5, 0.6) is 0 Å². The molecule has 0 spiro atoms. The predicted octanol–water partition coefficient (Wildman–Crippen LogP) is 2.22. The Balaban J connectivity index is 2.54. The van der Waals surface area contributed by atoms with Crippen LogP contribution in [0.25, 0.3) is 0 Å². The van der Waals surface area contributed by atoms with Crippen molar-refractivity contribution in [1.29, 1.82) is 0 Å². The normalized spacial score (nSPS) is 26.2. The molecule has 4 nitrogen and oxygen atoms in total. The van der Waals surface area contributed by atoms with Crippen LogP contribution in [0.2, 0.25) is 0 Å². The van der Waals surface area contributed by atoms with E-state index in [0.29, 0.717) is 12.8 Å². The zero-order valence-corrected chi connectivity index (χ0v) is 10.2. The fraction of sp³-hybridized carbons (Fsp3) is 0.833. The second kappa shape index (κ2) is 4.85. The second-order valence-corrected chi connectivity index (χ2v) is 5.43. The van der Waals surface area contributed by atoms with E-state index in [-0.39, 0.29) is 17.8 Å². The number of ether oxygens (including phenoxy) is 1. The summed E-state index contributed by atoms with van der Waals surface area (Å²) in [6.45, 7) is 5.47. The molecule has 1 saturated carbocycles. The number of carbonyl (C=O) groups excluding carboxylic acids is 1. The molecule has 1 N–H and O–H groups in total. The minimum Gasteiger partial charge on any atom is -0.481 e. The molecule has 0 unspecified atom stereocenters. The Kier molecular flexibility index (Phi) is 3.94. The van der Waals surface area contributed by atoms with Crippen LogP contribution in [0.4, 0.5) is 0 Å². The van der Waals surface area contributed by atoms with E-state index in [0.717, 1.165) is 12.8 Å². The Morgan fingerprint density at radius 1 is 1.19 bits per heavy atom. The van der Waals surface area contributed by atoms with Gasteiger partial charge in [-0.05, 0) is 40.0 Å². The van der Waals surface area contributed by atoms with Crippen LogP contribution in [0, 0.1) is 11.8 Å². The minimum absolute atomic E-state index is 0.242. The predicted molar refractivity (Wildman–Crippen MR) is 58.9 cm³/mol. The van der Waals surface area contributed by atoms with E-state index in [1.54, 1.807) is 0 Å². The summed E-state index contributed by atoms with van der Waals surface area (Å²) in [7, 11) is 0. The molecular weight excluding hydrogens is 208 g/mol. The molecule has 1 aliphatic carbocycles. The summed E-state index contributed by atoms with van der Waals surface area (Å²) in [5.74, 6) is -1.67. The summed E-state index contributed by atoms with van der Waals surface area (Å²) in [5, 5.41) is 8.92. The van der Waals surface area contributed by atoms with Gasteiger partial charge in [-0.15, -0.1) is 0 Å². The van der Waals surface area contributed by atoms with Gasteiger partial charge in [0.05, 0.1) is 11.8 Å². The van der Waals surface area contributed by atoms with Crippen LogP contribution >= 0.6 is 0 Å². The van der Waals surface area contributed by atoms with Crippen LogP contribution in [0.15, 0.2) is 0 Å². The van der Waals surface area contributed by atoms with Gasteiger partial charge in [0.25, 0.3) is 0 Å². The number of aliphatic carboxylic acids is 1. The van der Waals surface area contributed by atoms with Gasteiger partial charge >= 0.3 is 11.9 Å². The van der Waals surface area contributed by atoms with Crippen molar-refractivity contribution in [3.63, 3.8) is 0 Å². The van der Waals surface area contributed by atoms with Gasteiger partial charge < -0.3 is 9.84 Å². The van der Waals surface area contributed by atoms with Gasteiger partial charge in [0.1, 0.15) is 5.60 Å². The maximum absolute atomic E-state index is 11.8. The lowest BCUT2D eigenvalue weighted by Gasteiger charge is -2.28. The first-order valence-corrected chi connectivity index (χ1v) is 5.75. The highest BCUT2D eigenvalue weighted by Crippen LogP contribution is 2.30. The topological polar surface area (TPSA) is 63.6 Å². The molecule has 0 heterocycles. The first kappa shape index (κ1) is 13.0. The van der Waals surface area contributed by atoms with Crippen LogP contribution in [0.3, 0.4) is 0 Å². The molecule has 0 saturated heterocycles. The van der Waals surface area contributed by atoms with Crippen molar-refractivity contribution >= 4 is 11.9 Å². The van der Waals surface area contributed by atoms with Gasteiger partial charge in [0.15, 0.2) is 0 Å². The quantitative estimate of drug-likeness (QED) is 0.736. The third-order valence-corrected chi connectivity index (χ3v) is 2.76. The molecule has 0 aromatic carbocycles. The zero-order chi connectivity index (χ0) is 12.3. The third-order valence-electron chi connectivity index (χ3n) is 2.76. The van der Waals surface area contributed by atoms with Gasteiger partial charge in [-0.2, -0.15) is 0 Å². The number of esters is 1. The number of carboxylic acid groups (broad SMARTS) is 1. The van der Waals surface area contributed by atoms with E-state index in [1.165, 1.54) is 0 Å². The summed E-state index contributed by atoms with van der Waals surface area (Å²) >= 11 is 0. The summed E-state index contributed by atoms with van der Waals surface area (Å²) < 4.78 is 5.27. The van der Waals surface area contributed by atoms with E-state index in [2.05, 4.69) is 0 Å². The van der Waals surface area contributed by atoms with Crippen molar-refractivity contribution in [2.45, 2.75) is 52.1 Å². The molecule has 0 bridgehead atoms. The van der Waals surface area contributed by atoms with Crippen LogP contribution in [-0.4, -0.2) is 22.6 Å². The molecule has 1 aliphatic rings. The van der Waals surface area contributed by atoms with E-state index in [4.69, 9.17) is 9.84 Å². The first-order chi connectivity index (χ1) is 7.29. The molecule has 0 aliphatic heterocycles. The van der Waals surface area contributed by atoms with Crippen LogP contribution < -0.4 is 0 Å². The van der Waals surface area contributed by atoms with Crippen molar-refractivity contribution in [2.75, 3.05) is 0 Å². The van der Waals surface area contributed by atoms with Gasteiger partial charge in [-0.1, -0.05) is 6.42 Å².